The van der Waals surface area contributed by atoms with Gasteiger partial charge in [-0.2, -0.15) is 5.26 Å². The van der Waals surface area contributed by atoms with Crippen molar-refractivity contribution in [3.8, 4) is 6.07 Å². The minimum Gasteiger partial charge on any atom is -0.324 e. The predicted molar refractivity (Wildman–Crippen MR) is 91.8 cm³/mol. The number of hydrogen-bond acceptors (Lipinski definition) is 5. The predicted octanol–water partition coefficient (Wildman–Crippen LogP) is 3.36. The van der Waals surface area contributed by atoms with Crippen molar-refractivity contribution in [2.45, 2.75) is 6.54 Å². The molecule has 0 spiro atoms. The Hall–Kier alpha value is -3.79. The summed E-state index contributed by atoms with van der Waals surface area (Å²) in [6.45, 7) is 0.106. The highest BCUT2D eigenvalue weighted by Crippen LogP contribution is 2.31. The van der Waals surface area contributed by atoms with Crippen LogP contribution >= 0.6 is 0 Å². The Morgan fingerprint density at radius 1 is 1.32 bits per heavy atom. The molecule has 0 aliphatic rings. The van der Waals surface area contributed by atoms with E-state index in [1.165, 1.54) is 16.8 Å². The van der Waals surface area contributed by atoms with Crippen LogP contribution in [0.25, 0.3) is 16.8 Å². The third kappa shape index (κ3) is 3.14. The Kier molecular flexibility index (Phi) is 4.35. The number of aromatic nitrogens is 2. The van der Waals surface area contributed by atoms with Gasteiger partial charge in [0, 0.05) is 12.4 Å². The summed E-state index contributed by atoms with van der Waals surface area (Å²) in [5, 5.41) is 22.2. The van der Waals surface area contributed by atoms with Gasteiger partial charge >= 0.3 is 0 Å². The Bertz CT molecular complexity index is 1040. The molecule has 0 bridgehead atoms. The maximum atomic E-state index is 11.6. The van der Waals surface area contributed by atoms with Gasteiger partial charge in [-0.25, -0.2) is 4.98 Å². The number of carbonyl (C=O) groups is 1. The zero-order valence-corrected chi connectivity index (χ0v) is 13.0. The van der Waals surface area contributed by atoms with E-state index in [0.29, 0.717) is 17.2 Å². The summed E-state index contributed by atoms with van der Waals surface area (Å²) in [6, 6.07) is 12.4. The minimum atomic E-state index is -0.447. The first-order valence-electron chi connectivity index (χ1n) is 7.37. The van der Waals surface area contributed by atoms with Gasteiger partial charge in [0.25, 0.3) is 5.69 Å². The van der Waals surface area contributed by atoms with Crippen LogP contribution in [0.15, 0.2) is 54.4 Å². The van der Waals surface area contributed by atoms with E-state index in [2.05, 4.69) is 4.98 Å². The average molecular weight is 332 g/mol. The van der Waals surface area contributed by atoms with Gasteiger partial charge in [-0.3, -0.25) is 14.9 Å². The molecule has 2 aromatic carbocycles. The topological polar surface area (TPSA) is 102 Å². The molecule has 3 rings (SSSR count). The van der Waals surface area contributed by atoms with Crippen molar-refractivity contribution in [3.63, 3.8) is 0 Å². The lowest BCUT2D eigenvalue weighted by atomic mass is 10.0. The molecule has 0 unspecified atom stereocenters. The Morgan fingerprint density at radius 3 is 2.84 bits per heavy atom. The van der Waals surface area contributed by atoms with E-state index in [4.69, 9.17) is 0 Å². The number of nitro benzene ring substituents is 1. The number of fused-ring (bicyclic) bond motifs is 1. The zero-order chi connectivity index (χ0) is 17.8. The number of nitriles is 1. The summed E-state index contributed by atoms with van der Waals surface area (Å²) in [6.07, 6.45) is 5.09. The molecule has 0 N–H and O–H groups in total. The number of carbonyl (C=O) groups excluding carboxylic acids is 1. The van der Waals surface area contributed by atoms with Gasteiger partial charge in [0.1, 0.15) is 0 Å². The standard InChI is InChI=1S/C18H12N4O3/c19-10-13(11-21-8-7-20-17(21)12-23)9-15-6-5-14-3-1-2-4-16(14)18(15)22(24)25/h1-9,12H,11H2/b13-9+. The second-order valence-corrected chi connectivity index (χ2v) is 5.29. The van der Waals surface area contributed by atoms with E-state index in [1.807, 2.05) is 12.1 Å². The van der Waals surface area contributed by atoms with Gasteiger partial charge in [-0.05, 0) is 23.6 Å². The molecule has 0 atom stereocenters. The second kappa shape index (κ2) is 6.76. The van der Waals surface area contributed by atoms with Gasteiger partial charge in [-0.15, -0.1) is 0 Å². The largest absolute Gasteiger partial charge is 0.324 e. The monoisotopic (exact) mass is 332 g/mol. The molecule has 1 heterocycles. The van der Waals surface area contributed by atoms with Crippen LogP contribution < -0.4 is 0 Å². The second-order valence-electron chi connectivity index (χ2n) is 5.29. The third-order valence-electron chi connectivity index (χ3n) is 3.78. The molecule has 25 heavy (non-hydrogen) atoms. The van der Waals surface area contributed by atoms with Crippen molar-refractivity contribution in [2.75, 3.05) is 0 Å². The lowest BCUT2D eigenvalue weighted by Gasteiger charge is -2.05. The van der Waals surface area contributed by atoms with E-state index in [1.54, 1.807) is 36.5 Å². The lowest BCUT2D eigenvalue weighted by molar-refractivity contribution is -0.383. The highest BCUT2D eigenvalue weighted by atomic mass is 16.6. The van der Waals surface area contributed by atoms with Crippen LogP contribution in [0.3, 0.4) is 0 Å². The Labute approximate surface area is 142 Å². The van der Waals surface area contributed by atoms with Crippen molar-refractivity contribution in [1.82, 2.24) is 9.55 Å². The van der Waals surface area contributed by atoms with Gasteiger partial charge in [0.2, 0.25) is 0 Å². The first kappa shape index (κ1) is 16.1. The van der Waals surface area contributed by atoms with E-state index < -0.39 is 4.92 Å². The highest BCUT2D eigenvalue weighted by molar-refractivity contribution is 5.94. The number of benzene rings is 2. The van der Waals surface area contributed by atoms with E-state index in [-0.39, 0.29) is 23.6 Å². The zero-order valence-electron chi connectivity index (χ0n) is 13.0. The molecule has 122 valence electrons. The maximum absolute atomic E-state index is 11.6. The fourth-order valence-electron chi connectivity index (χ4n) is 2.65. The molecule has 0 amide bonds. The number of imidazole rings is 1. The quantitative estimate of drug-likeness (QED) is 0.308. The summed E-state index contributed by atoms with van der Waals surface area (Å²) in [7, 11) is 0. The number of rotatable bonds is 5. The number of nitrogens with zero attached hydrogens (tertiary/aromatic N) is 4. The smallest absolute Gasteiger partial charge is 0.284 e. The molecule has 0 aliphatic carbocycles. The summed E-state index contributed by atoms with van der Waals surface area (Å²) in [5.41, 5.74) is 0.569. The number of hydrogen-bond donors (Lipinski definition) is 0. The molecular formula is C18H12N4O3. The van der Waals surface area contributed by atoms with Crippen LogP contribution in [0.1, 0.15) is 16.2 Å². The van der Waals surface area contributed by atoms with E-state index >= 15 is 0 Å². The number of nitro groups is 1. The van der Waals surface area contributed by atoms with Crippen LogP contribution in [0.5, 0.6) is 0 Å². The number of aldehydes is 1. The van der Waals surface area contributed by atoms with Crippen LogP contribution in [0.4, 0.5) is 5.69 Å². The van der Waals surface area contributed by atoms with Crippen molar-refractivity contribution in [3.05, 3.63) is 75.9 Å². The molecule has 0 radical (unpaired) electrons. The van der Waals surface area contributed by atoms with Crippen molar-refractivity contribution < 1.29 is 9.72 Å². The third-order valence-corrected chi connectivity index (χ3v) is 3.78. The van der Waals surface area contributed by atoms with Gasteiger partial charge in [0.05, 0.1) is 34.1 Å². The van der Waals surface area contributed by atoms with Crippen LogP contribution in [-0.2, 0) is 6.54 Å². The SMILES string of the molecule is N#C/C(=C\c1ccc2ccccc2c1[N+](=O)[O-])Cn1ccnc1C=O. The first-order valence-corrected chi connectivity index (χ1v) is 7.37. The Balaban J connectivity index is 2.10. The molecule has 0 saturated heterocycles. The Morgan fingerprint density at radius 2 is 2.12 bits per heavy atom. The molecule has 0 fully saturated rings. The highest BCUT2D eigenvalue weighted by Gasteiger charge is 2.17. The van der Waals surface area contributed by atoms with Gasteiger partial charge in [0.15, 0.2) is 12.1 Å². The molecule has 0 saturated carbocycles. The summed E-state index contributed by atoms with van der Waals surface area (Å²) in [5.74, 6) is 0.189. The molecule has 7 nitrogen and oxygen atoms in total. The summed E-state index contributed by atoms with van der Waals surface area (Å²) in [4.78, 5) is 25.9. The summed E-state index contributed by atoms with van der Waals surface area (Å²) >= 11 is 0. The number of allylic oxidation sites excluding steroid dienone is 1. The maximum Gasteiger partial charge on any atom is 0.284 e. The molecule has 3 aromatic rings. The minimum absolute atomic E-state index is 0.0490. The van der Waals surface area contributed by atoms with Crippen molar-refractivity contribution in [1.29, 1.82) is 5.26 Å². The van der Waals surface area contributed by atoms with Crippen LogP contribution in [0.2, 0.25) is 0 Å². The van der Waals surface area contributed by atoms with E-state index in [0.717, 1.165) is 5.39 Å². The van der Waals surface area contributed by atoms with Gasteiger partial charge in [-0.1, -0.05) is 24.3 Å². The lowest BCUT2D eigenvalue weighted by Crippen LogP contribution is -2.04. The normalized spacial score (nSPS) is 11.2. The fourth-order valence-corrected chi connectivity index (χ4v) is 2.65. The van der Waals surface area contributed by atoms with Crippen molar-refractivity contribution in [2.24, 2.45) is 0 Å². The van der Waals surface area contributed by atoms with E-state index in [9.17, 15) is 20.2 Å². The summed E-state index contributed by atoms with van der Waals surface area (Å²) < 4.78 is 1.51. The molecule has 0 aliphatic heterocycles. The average Bonchev–Trinajstić information content (AvgIpc) is 3.07. The van der Waals surface area contributed by atoms with Crippen LogP contribution in [-0.4, -0.2) is 20.8 Å². The van der Waals surface area contributed by atoms with Gasteiger partial charge < -0.3 is 4.57 Å². The molecule has 7 heteroatoms. The van der Waals surface area contributed by atoms with Crippen molar-refractivity contribution >= 4 is 28.8 Å². The molecular weight excluding hydrogens is 320 g/mol. The molecule has 1 aromatic heterocycles. The van der Waals surface area contributed by atoms with Crippen LogP contribution in [0, 0.1) is 21.4 Å². The first-order chi connectivity index (χ1) is 12.1. The fraction of sp³-hybridized carbons (Fsp3) is 0.0556.